The van der Waals surface area contributed by atoms with E-state index in [1.54, 1.807) is 21.0 Å². The summed E-state index contributed by atoms with van der Waals surface area (Å²) in [5.41, 5.74) is 0. The molecule has 0 aromatic carbocycles. The van der Waals surface area contributed by atoms with Gasteiger partial charge in [0.1, 0.15) is 5.82 Å². The zero-order chi connectivity index (χ0) is 13.7. The van der Waals surface area contributed by atoms with Gasteiger partial charge in [-0.2, -0.15) is 8.78 Å². The Morgan fingerprint density at radius 2 is 2.10 bits per heavy atom. The molecule has 0 fully saturated rings. The number of imidazole rings is 1. The van der Waals surface area contributed by atoms with Crippen LogP contribution < -0.4 is 5.32 Å². The molecular weight excluding hydrogens is 313 g/mol. The highest BCUT2D eigenvalue weighted by molar-refractivity contribution is 5.85. The lowest BCUT2D eigenvalue weighted by Crippen LogP contribution is -2.36. The van der Waals surface area contributed by atoms with Crippen LogP contribution >= 0.6 is 24.8 Å². The van der Waals surface area contributed by atoms with Gasteiger partial charge in [0, 0.05) is 31.9 Å². The van der Waals surface area contributed by atoms with Crippen LogP contribution in [0.4, 0.5) is 8.78 Å². The molecule has 1 amide bonds. The number of carbonyl (C=O) groups excluding carboxylic acids is 1. The number of halogens is 4. The minimum absolute atomic E-state index is 0. The predicted molar refractivity (Wildman–Crippen MR) is 77.5 cm³/mol. The third-order valence-electron chi connectivity index (χ3n) is 2.65. The molecule has 1 heterocycles. The average molecular weight is 333 g/mol. The molecule has 9 heteroatoms. The Morgan fingerprint density at radius 3 is 2.60 bits per heavy atom. The highest BCUT2D eigenvalue weighted by atomic mass is 35.5. The van der Waals surface area contributed by atoms with Crippen LogP contribution in [-0.2, 0) is 11.3 Å². The number of amides is 1. The summed E-state index contributed by atoms with van der Waals surface area (Å²) < 4.78 is 26.0. The number of rotatable bonds is 6. The fourth-order valence-electron chi connectivity index (χ4n) is 1.70. The predicted octanol–water partition coefficient (Wildman–Crippen LogP) is 1.94. The maximum Gasteiger partial charge on any atom is 0.319 e. The molecule has 1 rings (SSSR count). The van der Waals surface area contributed by atoms with E-state index in [1.165, 1.54) is 17.3 Å². The van der Waals surface area contributed by atoms with E-state index in [9.17, 15) is 13.6 Å². The van der Waals surface area contributed by atoms with Crippen LogP contribution in [0.3, 0.4) is 0 Å². The third-order valence-corrected chi connectivity index (χ3v) is 2.65. The lowest BCUT2D eigenvalue weighted by molar-refractivity contribution is -0.134. The quantitative estimate of drug-likeness (QED) is 0.866. The number of nitrogens with zero attached hydrogens (tertiary/aromatic N) is 3. The average Bonchev–Trinajstić information content (AvgIpc) is 2.76. The van der Waals surface area contributed by atoms with Crippen LogP contribution in [0.15, 0.2) is 12.4 Å². The Balaban J connectivity index is 0. The normalized spacial score (nSPS) is 11.5. The number of aromatic nitrogens is 2. The summed E-state index contributed by atoms with van der Waals surface area (Å²) in [7, 11) is 3.34. The second-order valence-electron chi connectivity index (χ2n) is 4.18. The van der Waals surface area contributed by atoms with E-state index in [4.69, 9.17) is 0 Å². The number of hydrogen-bond donors (Lipinski definition) is 1. The van der Waals surface area contributed by atoms with Crippen molar-refractivity contribution >= 4 is 30.7 Å². The Kier molecular flexibility index (Phi) is 10.6. The van der Waals surface area contributed by atoms with Gasteiger partial charge in [-0.1, -0.05) is 6.92 Å². The van der Waals surface area contributed by atoms with Crippen LogP contribution in [0.25, 0.3) is 0 Å². The second-order valence-corrected chi connectivity index (χ2v) is 4.18. The summed E-state index contributed by atoms with van der Waals surface area (Å²) in [5.74, 6) is -0.124. The first-order chi connectivity index (χ1) is 8.47. The first-order valence-electron chi connectivity index (χ1n) is 5.66. The van der Waals surface area contributed by atoms with Crippen LogP contribution in [0.2, 0.25) is 0 Å². The SMILES string of the molecule is CNCC(C)C(=O)N(C)Cc1nccn1C(F)F.Cl.Cl. The third kappa shape index (κ3) is 5.60. The molecule has 0 bridgehead atoms. The highest BCUT2D eigenvalue weighted by Gasteiger charge is 2.19. The number of hydrogen-bond acceptors (Lipinski definition) is 3. The lowest BCUT2D eigenvalue weighted by Gasteiger charge is -2.21. The summed E-state index contributed by atoms with van der Waals surface area (Å²) in [6, 6.07) is 0. The number of alkyl halides is 2. The number of nitrogens with one attached hydrogen (secondary N) is 1. The van der Waals surface area contributed by atoms with Gasteiger partial charge in [0.2, 0.25) is 5.91 Å². The van der Waals surface area contributed by atoms with Crippen molar-refractivity contribution in [3.8, 4) is 0 Å². The van der Waals surface area contributed by atoms with Gasteiger partial charge in [-0.05, 0) is 7.05 Å². The molecule has 1 unspecified atom stereocenters. The van der Waals surface area contributed by atoms with E-state index >= 15 is 0 Å². The van der Waals surface area contributed by atoms with Crippen molar-refractivity contribution in [1.82, 2.24) is 19.8 Å². The molecule has 0 aliphatic carbocycles. The van der Waals surface area contributed by atoms with Gasteiger partial charge in [0.25, 0.3) is 0 Å². The molecule has 0 aliphatic rings. The van der Waals surface area contributed by atoms with Crippen LogP contribution in [0.1, 0.15) is 19.3 Å². The molecule has 1 aromatic rings. The van der Waals surface area contributed by atoms with E-state index in [-0.39, 0.29) is 49.0 Å². The van der Waals surface area contributed by atoms with Gasteiger partial charge >= 0.3 is 6.55 Å². The molecule has 1 atom stereocenters. The van der Waals surface area contributed by atoms with E-state index in [2.05, 4.69) is 10.3 Å². The topological polar surface area (TPSA) is 50.2 Å². The molecule has 1 N–H and O–H groups in total. The Morgan fingerprint density at radius 1 is 1.50 bits per heavy atom. The Bertz CT molecular complexity index is 404. The van der Waals surface area contributed by atoms with Crippen molar-refractivity contribution in [1.29, 1.82) is 0 Å². The van der Waals surface area contributed by atoms with Crippen molar-refractivity contribution in [3.05, 3.63) is 18.2 Å². The zero-order valence-corrected chi connectivity index (χ0v) is 13.2. The van der Waals surface area contributed by atoms with Gasteiger partial charge in [-0.3, -0.25) is 9.36 Å². The number of carbonyl (C=O) groups is 1. The van der Waals surface area contributed by atoms with Crippen molar-refractivity contribution in [2.45, 2.75) is 20.0 Å². The molecular formula is C11H20Cl2F2N4O. The largest absolute Gasteiger partial charge is 0.338 e. The van der Waals surface area contributed by atoms with Gasteiger partial charge in [0.05, 0.1) is 6.54 Å². The van der Waals surface area contributed by atoms with Gasteiger partial charge in [-0.25, -0.2) is 4.98 Å². The summed E-state index contributed by atoms with van der Waals surface area (Å²) in [5, 5.41) is 2.90. The van der Waals surface area contributed by atoms with E-state index in [0.29, 0.717) is 6.54 Å². The monoisotopic (exact) mass is 332 g/mol. The van der Waals surface area contributed by atoms with Crippen molar-refractivity contribution in [2.24, 2.45) is 5.92 Å². The van der Waals surface area contributed by atoms with Gasteiger partial charge < -0.3 is 10.2 Å². The standard InChI is InChI=1S/C11H18F2N4O.2ClH/c1-8(6-14-2)10(18)16(3)7-9-15-4-5-17(9)11(12)13;;/h4-5,8,11,14H,6-7H2,1-3H3;2*1H. The summed E-state index contributed by atoms with van der Waals surface area (Å²) >= 11 is 0. The van der Waals surface area contributed by atoms with Gasteiger partial charge in [-0.15, -0.1) is 24.8 Å². The van der Waals surface area contributed by atoms with Crippen molar-refractivity contribution in [3.63, 3.8) is 0 Å². The maximum absolute atomic E-state index is 12.6. The fourth-order valence-corrected chi connectivity index (χ4v) is 1.70. The molecule has 0 aliphatic heterocycles. The summed E-state index contributed by atoms with van der Waals surface area (Å²) in [6.45, 7) is -0.230. The summed E-state index contributed by atoms with van der Waals surface area (Å²) in [6.07, 6.45) is 2.51. The van der Waals surface area contributed by atoms with Crippen molar-refractivity contribution in [2.75, 3.05) is 20.6 Å². The lowest BCUT2D eigenvalue weighted by atomic mass is 10.1. The molecule has 5 nitrogen and oxygen atoms in total. The minimum Gasteiger partial charge on any atom is -0.338 e. The fraction of sp³-hybridized carbons (Fsp3) is 0.636. The van der Waals surface area contributed by atoms with Crippen LogP contribution in [-0.4, -0.2) is 41.0 Å². The van der Waals surface area contributed by atoms with E-state index in [0.717, 1.165) is 4.57 Å². The molecule has 0 spiro atoms. The van der Waals surface area contributed by atoms with Crippen molar-refractivity contribution < 1.29 is 13.6 Å². The smallest absolute Gasteiger partial charge is 0.319 e. The first-order valence-corrected chi connectivity index (χ1v) is 5.66. The minimum atomic E-state index is -2.64. The second kappa shape index (κ2) is 9.90. The first kappa shape index (κ1) is 21.4. The molecule has 118 valence electrons. The Hall–Kier alpha value is -0.920. The Labute approximate surface area is 129 Å². The zero-order valence-electron chi connectivity index (χ0n) is 11.5. The molecule has 1 aromatic heterocycles. The summed E-state index contributed by atoms with van der Waals surface area (Å²) in [4.78, 5) is 17.1. The van der Waals surface area contributed by atoms with Crippen LogP contribution in [0, 0.1) is 5.92 Å². The molecule has 20 heavy (non-hydrogen) atoms. The molecule has 0 saturated carbocycles. The van der Waals surface area contributed by atoms with Gasteiger partial charge in [0.15, 0.2) is 0 Å². The van der Waals surface area contributed by atoms with E-state index < -0.39 is 6.55 Å². The molecule has 0 saturated heterocycles. The molecule has 0 radical (unpaired) electrons. The highest BCUT2D eigenvalue weighted by Crippen LogP contribution is 2.14. The van der Waals surface area contributed by atoms with Crippen LogP contribution in [0.5, 0.6) is 0 Å². The van der Waals surface area contributed by atoms with E-state index in [1.807, 2.05) is 0 Å². The maximum atomic E-state index is 12.6.